The number of nitrogens with two attached hydrogens (primary N) is 1. The number of anilines is 1. The van der Waals surface area contributed by atoms with E-state index >= 15 is 0 Å². The summed E-state index contributed by atoms with van der Waals surface area (Å²) in [7, 11) is -16.4. The monoisotopic (exact) mass is 947 g/mol. The molecule has 10 N–H and O–H groups in total. The molecule has 3 heterocycles. The standard InChI is InChI=1S/C33H56N7O17P3S/c1-4-5-6-7-8-9-10-11-12-13-24(42)61-17-16-35-23(41)14-15-36-31(45)28(44)33(2,3)19-54-60(51,52)57-59(49,50)53-18-22-27(56-58(46,47)48)26(43)32(55-22)40-21-39-25-29(34)37-20-38-30(25)40/h12-13,20-22,26-28,32,43-44H,4-11,14-19H2,1-3H3,(H,35,41)(H,36,45)(H,49,50)(H,51,52)(H2,34,37,38)(H2,46,47,48)/b13-12+. The molecule has 3 rings (SSSR count). The maximum atomic E-state index is 12.7. The van der Waals surface area contributed by atoms with Crippen molar-refractivity contribution in [3.63, 3.8) is 0 Å². The number of nitrogens with zero attached hydrogens (tertiary/aromatic N) is 4. The van der Waals surface area contributed by atoms with Gasteiger partial charge in [0.15, 0.2) is 17.7 Å². The minimum absolute atomic E-state index is 0.0317. The number of nitrogen functional groups attached to an aromatic ring is 1. The van der Waals surface area contributed by atoms with Gasteiger partial charge in [-0.25, -0.2) is 28.6 Å². The molecule has 61 heavy (non-hydrogen) atoms. The van der Waals surface area contributed by atoms with E-state index in [1.165, 1.54) is 52.0 Å². The number of thioether (sulfide) groups is 1. The number of aliphatic hydroxyl groups excluding tert-OH is 2. The van der Waals surface area contributed by atoms with Crippen LogP contribution in [0.3, 0.4) is 0 Å². The first-order valence-corrected chi connectivity index (χ1v) is 24.8. The van der Waals surface area contributed by atoms with Gasteiger partial charge < -0.3 is 50.9 Å². The number of allylic oxidation sites excluding steroid dienone is 1. The number of fused-ring (bicyclic) bond motifs is 1. The summed E-state index contributed by atoms with van der Waals surface area (Å²) in [6.07, 6.45) is 5.64. The van der Waals surface area contributed by atoms with Crippen LogP contribution in [0.5, 0.6) is 0 Å². The number of carbonyl (C=O) groups is 3. The Morgan fingerprint density at radius 1 is 1.00 bits per heavy atom. The zero-order chi connectivity index (χ0) is 45.4. The van der Waals surface area contributed by atoms with Crippen LogP contribution in [-0.2, 0) is 50.7 Å². The van der Waals surface area contributed by atoms with Crippen LogP contribution in [0.4, 0.5) is 5.82 Å². The molecule has 0 radical (unpaired) electrons. The predicted octanol–water partition coefficient (Wildman–Crippen LogP) is 2.36. The fraction of sp³-hybridized carbons (Fsp3) is 0.697. The fourth-order valence-corrected chi connectivity index (χ4v) is 9.16. The molecule has 346 valence electrons. The molecule has 2 aromatic rings. The minimum atomic E-state index is -5.57. The maximum Gasteiger partial charge on any atom is 0.481 e. The molecule has 2 amide bonds. The molecule has 7 atom stereocenters. The van der Waals surface area contributed by atoms with Crippen molar-refractivity contribution in [1.82, 2.24) is 30.2 Å². The Labute approximate surface area is 356 Å². The van der Waals surface area contributed by atoms with Crippen LogP contribution in [0.25, 0.3) is 11.2 Å². The summed E-state index contributed by atoms with van der Waals surface area (Å²) in [5, 5.41) is 26.4. The zero-order valence-corrected chi connectivity index (χ0v) is 37.4. The van der Waals surface area contributed by atoms with Gasteiger partial charge in [0, 0.05) is 30.7 Å². The van der Waals surface area contributed by atoms with E-state index in [-0.39, 0.29) is 41.6 Å². The quantitative estimate of drug-likeness (QED) is 0.0336. The summed E-state index contributed by atoms with van der Waals surface area (Å²) in [4.78, 5) is 87.9. The Morgan fingerprint density at radius 2 is 1.67 bits per heavy atom. The largest absolute Gasteiger partial charge is 0.481 e. The van der Waals surface area contributed by atoms with Crippen molar-refractivity contribution in [2.24, 2.45) is 5.41 Å². The van der Waals surface area contributed by atoms with E-state index in [9.17, 15) is 57.9 Å². The van der Waals surface area contributed by atoms with E-state index in [1.54, 1.807) is 0 Å². The highest BCUT2D eigenvalue weighted by Gasteiger charge is 2.50. The number of carbonyl (C=O) groups excluding carboxylic acids is 3. The summed E-state index contributed by atoms with van der Waals surface area (Å²) >= 11 is 1.06. The molecule has 0 bridgehead atoms. The Bertz CT molecular complexity index is 1940. The SMILES string of the molecule is CCCCCCCCC/C=C/C(=O)SCCNC(=O)CCNC(=O)C(O)C(C)(C)COP(=O)(O)OP(=O)(O)OCC1OC(n2cnc3c(N)ncnc32)C(O)C1OP(=O)(O)O. The first-order valence-electron chi connectivity index (χ1n) is 19.3. The molecular formula is C33H56N7O17P3S. The van der Waals surface area contributed by atoms with Crippen LogP contribution < -0.4 is 16.4 Å². The lowest BCUT2D eigenvalue weighted by atomic mass is 9.87. The van der Waals surface area contributed by atoms with Crippen molar-refractivity contribution < 1.29 is 80.5 Å². The molecule has 2 aromatic heterocycles. The second-order valence-corrected chi connectivity index (χ2v) is 19.9. The Hall–Kier alpha value is -2.70. The van der Waals surface area contributed by atoms with Gasteiger partial charge in [-0.05, 0) is 18.9 Å². The number of phosphoric acid groups is 3. The van der Waals surface area contributed by atoms with E-state index in [0.717, 1.165) is 48.2 Å². The van der Waals surface area contributed by atoms with E-state index in [1.807, 2.05) is 6.08 Å². The van der Waals surface area contributed by atoms with Crippen LogP contribution in [0, 0.1) is 5.41 Å². The van der Waals surface area contributed by atoms with Crippen molar-refractivity contribution >= 4 is 69.1 Å². The molecule has 0 aromatic carbocycles. The van der Waals surface area contributed by atoms with E-state index in [0.29, 0.717) is 5.75 Å². The van der Waals surface area contributed by atoms with Crippen molar-refractivity contribution in [1.29, 1.82) is 0 Å². The summed E-state index contributed by atoms with van der Waals surface area (Å²) in [5.41, 5.74) is 4.27. The van der Waals surface area contributed by atoms with Gasteiger partial charge in [-0.1, -0.05) is 77.1 Å². The highest BCUT2D eigenvalue weighted by Crippen LogP contribution is 2.61. The second-order valence-electron chi connectivity index (χ2n) is 14.5. The average Bonchev–Trinajstić information content (AvgIpc) is 3.73. The molecule has 0 spiro atoms. The van der Waals surface area contributed by atoms with Gasteiger partial charge in [0.05, 0.1) is 19.5 Å². The third kappa shape index (κ3) is 18.1. The zero-order valence-electron chi connectivity index (χ0n) is 33.9. The summed E-state index contributed by atoms with van der Waals surface area (Å²) < 4.78 is 62.3. The number of hydrogen-bond donors (Lipinski definition) is 9. The number of ether oxygens (including phenoxy) is 1. The lowest BCUT2D eigenvalue weighted by Gasteiger charge is -2.30. The van der Waals surface area contributed by atoms with Gasteiger partial charge in [-0.3, -0.25) is 32.5 Å². The summed E-state index contributed by atoms with van der Waals surface area (Å²) in [5.74, 6) is -1.10. The number of rotatable bonds is 28. The van der Waals surface area contributed by atoms with Crippen molar-refractivity contribution in [3.8, 4) is 0 Å². The first kappa shape index (κ1) is 52.6. The van der Waals surface area contributed by atoms with Gasteiger partial charge in [0.2, 0.25) is 16.9 Å². The smallest absolute Gasteiger partial charge is 0.386 e. The highest BCUT2D eigenvalue weighted by molar-refractivity contribution is 8.14. The number of imidazole rings is 1. The number of hydrogen-bond acceptors (Lipinski definition) is 18. The second kappa shape index (κ2) is 24.4. The lowest BCUT2D eigenvalue weighted by Crippen LogP contribution is -2.46. The number of aliphatic hydroxyl groups is 2. The van der Waals surface area contributed by atoms with Gasteiger partial charge in [-0.2, -0.15) is 4.31 Å². The molecule has 7 unspecified atom stereocenters. The van der Waals surface area contributed by atoms with Gasteiger partial charge in [-0.15, -0.1) is 0 Å². The molecule has 28 heteroatoms. The molecule has 0 saturated carbocycles. The summed E-state index contributed by atoms with van der Waals surface area (Å²) in [6.45, 7) is 2.69. The van der Waals surface area contributed by atoms with Crippen molar-refractivity contribution in [2.45, 2.75) is 109 Å². The van der Waals surface area contributed by atoms with Crippen molar-refractivity contribution in [3.05, 3.63) is 24.8 Å². The molecule has 1 aliphatic rings. The molecule has 1 saturated heterocycles. The van der Waals surface area contributed by atoms with Crippen LogP contribution in [0.1, 0.15) is 84.8 Å². The topological polar surface area (TPSA) is 364 Å². The van der Waals surface area contributed by atoms with Crippen LogP contribution in [0.15, 0.2) is 24.8 Å². The van der Waals surface area contributed by atoms with Crippen LogP contribution in [-0.4, -0.2) is 123 Å². The molecule has 1 aliphatic heterocycles. The van der Waals surface area contributed by atoms with Gasteiger partial charge in [0.25, 0.3) is 0 Å². The normalized spacial score (nSPS) is 21.0. The first-order chi connectivity index (χ1) is 28.6. The third-order valence-corrected chi connectivity index (χ3v) is 12.9. The minimum Gasteiger partial charge on any atom is -0.386 e. The van der Waals surface area contributed by atoms with E-state index in [2.05, 4.69) is 41.3 Å². The maximum absolute atomic E-state index is 12.7. The number of unbranched alkanes of at least 4 members (excludes halogenated alkanes) is 7. The van der Waals surface area contributed by atoms with E-state index in [4.69, 9.17) is 19.5 Å². The van der Waals surface area contributed by atoms with Crippen LogP contribution >= 0.6 is 35.2 Å². The highest BCUT2D eigenvalue weighted by atomic mass is 32.2. The molecular weight excluding hydrogens is 891 g/mol. The number of amides is 2. The van der Waals surface area contributed by atoms with Crippen molar-refractivity contribution in [2.75, 3.05) is 37.8 Å². The Kier molecular flexibility index (Phi) is 21.0. The molecule has 24 nitrogen and oxygen atoms in total. The average molecular weight is 948 g/mol. The molecule has 1 fully saturated rings. The van der Waals surface area contributed by atoms with E-state index < -0.39 is 84.6 Å². The molecule has 0 aliphatic carbocycles. The Balaban J connectivity index is 1.40. The predicted molar refractivity (Wildman–Crippen MR) is 219 cm³/mol. The van der Waals surface area contributed by atoms with Gasteiger partial charge >= 0.3 is 23.5 Å². The van der Waals surface area contributed by atoms with Crippen LogP contribution in [0.2, 0.25) is 0 Å². The number of aromatic nitrogens is 4. The third-order valence-electron chi connectivity index (χ3n) is 8.97. The fourth-order valence-electron chi connectivity index (χ4n) is 5.73. The summed E-state index contributed by atoms with van der Waals surface area (Å²) in [6, 6.07) is 0. The number of phosphoric ester groups is 3. The Morgan fingerprint density at radius 3 is 2.36 bits per heavy atom. The van der Waals surface area contributed by atoms with Gasteiger partial charge in [0.1, 0.15) is 36.3 Å². The lowest BCUT2D eigenvalue weighted by molar-refractivity contribution is -0.137. The number of nitrogens with one attached hydrogen (secondary N) is 2.